The Hall–Kier alpha value is -1.58. The third-order valence-corrected chi connectivity index (χ3v) is 6.49. The van der Waals surface area contributed by atoms with Crippen molar-refractivity contribution in [3.63, 3.8) is 0 Å². The van der Waals surface area contributed by atoms with Gasteiger partial charge in [0.25, 0.3) is 0 Å². The van der Waals surface area contributed by atoms with E-state index in [0.717, 1.165) is 19.3 Å². The molecular formula is C18H26N2O2. The van der Waals surface area contributed by atoms with Crippen LogP contribution in [0.25, 0.3) is 0 Å². The number of nitrogens with two attached hydrogens (primary N) is 2. The van der Waals surface area contributed by atoms with Crippen LogP contribution in [-0.2, 0) is 5.41 Å². The molecule has 0 heterocycles. The highest BCUT2D eigenvalue weighted by atomic mass is 16.3. The van der Waals surface area contributed by atoms with E-state index in [0.29, 0.717) is 22.3 Å². The van der Waals surface area contributed by atoms with E-state index in [1.807, 2.05) is 0 Å². The maximum Gasteiger partial charge on any atom is 0.146 e. The third kappa shape index (κ3) is 1.70. The van der Waals surface area contributed by atoms with Crippen LogP contribution >= 0.6 is 0 Å². The van der Waals surface area contributed by atoms with Gasteiger partial charge < -0.3 is 21.7 Å². The minimum atomic E-state index is -0.180. The molecule has 4 bridgehead atoms. The van der Waals surface area contributed by atoms with Crippen LogP contribution in [0.4, 0.5) is 11.4 Å². The molecule has 4 aliphatic carbocycles. The zero-order chi connectivity index (χ0) is 15.9. The quantitative estimate of drug-likeness (QED) is 0.363. The molecule has 5 rings (SSSR count). The highest BCUT2D eigenvalue weighted by molar-refractivity contribution is 5.73. The lowest BCUT2D eigenvalue weighted by molar-refractivity contribution is -0.110. The summed E-state index contributed by atoms with van der Waals surface area (Å²) in [5, 5.41) is 21.2. The van der Waals surface area contributed by atoms with E-state index in [4.69, 9.17) is 11.5 Å². The van der Waals surface area contributed by atoms with Crippen molar-refractivity contribution in [2.75, 3.05) is 11.5 Å². The van der Waals surface area contributed by atoms with E-state index in [1.165, 1.54) is 25.3 Å². The Morgan fingerprint density at radius 1 is 0.909 bits per heavy atom. The highest BCUT2D eigenvalue weighted by Crippen LogP contribution is 2.71. The molecule has 1 aromatic rings. The molecule has 2 atom stereocenters. The fourth-order valence-electron chi connectivity index (χ4n) is 6.93. The first-order chi connectivity index (χ1) is 10.2. The summed E-state index contributed by atoms with van der Waals surface area (Å²) in [6.07, 6.45) is 6.83. The van der Waals surface area contributed by atoms with Crippen LogP contribution in [0.2, 0.25) is 0 Å². The molecule has 0 saturated heterocycles. The molecule has 0 aromatic heterocycles. The second-order valence-corrected chi connectivity index (χ2v) is 9.04. The van der Waals surface area contributed by atoms with Crippen molar-refractivity contribution in [3.8, 4) is 11.5 Å². The number of benzene rings is 1. The Kier molecular flexibility index (Phi) is 2.45. The predicted octanol–water partition coefficient (Wildman–Crippen LogP) is 3.51. The van der Waals surface area contributed by atoms with Gasteiger partial charge in [0.2, 0.25) is 0 Å². The van der Waals surface area contributed by atoms with Gasteiger partial charge in [0.15, 0.2) is 0 Å². The normalized spacial score (nSPS) is 42.7. The van der Waals surface area contributed by atoms with E-state index in [1.54, 1.807) is 0 Å². The lowest BCUT2D eigenvalue weighted by atomic mass is 9.39. The average Bonchev–Trinajstić information content (AvgIpc) is 2.31. The Labute approximate surface area is 131 Å². The van der Waals surface area contributed by atoms with Gasteiger partial charge in [0, 0.05) is 11.0 Å². The molecule has 4 aliphatic rings. The largest absolute Gasteiger partial charge is 0.505 e. The molecule has 120 valence electrons. The van der Waals surface area contributed by atoms with Gasteiger partial charge in [-0.05, 0) is 61.3 Å². The number of hydrogen-bond donors (Lipinski definition) is 4. The van der Waals surface area contributed by atoms with E-state index < -0.39 is 0 Å². The molecule has 0 aliphatic heterocycles. The van der Waals surface area contributed by atoms with E-state index in [2.05, 4.69) is 13.8 Å². The topological polar surface area (TPSA) is 92.5 Å². The molecule has 0 amide bonds. The lowest BCUT2D eigenvalue weighted by Crippen LogP contribution is -2.56. The lowest BCUT2D eigenvalue weighted by Gasteiger charge is -2.65. The van der Waals surface area contributed by atoms with Crippen LogP contribution in [0.1, 0.15) is 57.9 Å². The van der Waals surface area contributed by atoms with Crippen molar-refractivity contribution in [1.29, 1.82) is 0 Å². The first kappa shape index (κ1) is 14.0. The van der Waals surface area contributed by atoms with Crippen molar-refractivity contribution in [2.45, 2.75) is 57.8 Å². The van der Waals surface area contributed by atoms with Crippen LogP contribution in [0, 0.1) is 16.7 Å². The van der Waals surface area contributed by atoms with Gasteiger partial charge >= 0.3 is 0 Å². The summed E-state index contributed by atoms with van der Waals surface area (Å²) in [6, 6.07) is 1.46. The molecule has 22 heavy (non-hydrogen) atoms. The Bertz CT molecular complexity index is 625. The van der Waals surface area contributed by atoms with Crippen LogP contribution in [0.5, 0.6) is 11.5 Å². The second kappa shape index (κ2) is 3.84. The number of nitrogen functional groups attached to an aromatic ring is 2. The van der Waals surface area contributed by atoms with Crippen molar-refractivity contribution in [3.05, 3.63) is 11.6 Å². The van der Waals surface area contributed by atoms with E-state index in [9.17, 15) is 10.2 Å². The molecule has 4 heteroatoms. The highest BCUT2D eigenvalue weighted by Gasteiger charge is 2.61. The minimum Gasteiger partial charge on any atom is -0.505 e. The first-order valence-corrected chi connectivity index (χ1v) is 8.26. The second-order valence-electron chi connectivity index (χ2n) is 9.04. The van der Waals surface area contributed by atoms with Crippen LogP contribution in [0.15, 0.2) is 6.07 Å². The maximum absolute atomic E-state index is 10.6. The summed E-state index contributed by atoms with van der Waals surface area (Å²) in [7, 11) is 0. The van der Waals surface area contributed by atoms with Gasteiger partial charge in [-0.2, -0.15) is 0 Å². The Morgan fingerprint density at radius 3 is 1.86 bits per heavy atom. The fraction of sp³-hybridized carbons (Fsp3) is 0.667. The minimum absolute atomic E-state index is 0.0425. The standard InChI is InChI=1S/C18H26N2O2/c1-16-4-10-5-17(2,7-16)9-18(6-10,8-16)13-14(21)11(19)3-12(20)15(13)22/h3,10,21-22H,4-9,19-20H2,1-2H3. The van der Waals surface area contributed by atoms with Crippen molar-refractivity contribution in [1.82, 2.24) is 0 Å². The number of phenolic OH excluding ortho intramolecular Hbond substituents is 2. The van der Waals surface area contributed by atoms with Crippen molar-refractivity contribution in [2.24, 2.45) is 16.7 Å². The van der Waals surface area contributed by atoms with Crippen LogP contribution < -0.4 is 11.5 Å². The van der Waals surface area contributed by atoms with Gasteiger partial charge in [-0.15, -0.1) is 0 Å². The zero-order valence-electron chi connectivity index (χ0n) is 13.4. The average molecular weight is 302 g/mol. The molecule has 6 N–H and O–H groups in total. The van der Waals surface area contributed by atoms with Gasteiger partial charge in [0.1, 0.15) is 11.5 Å². The summed E-state index contributed by atoms with van der Waals surface area (Å²) in [5.74, 6) is 0.759. The van der Waals surface area contributed by atoms with Gasteiger partial charge in [-0.1, -0.05) is 13.8 Å². The number of phenols is 2. The van der Waals surface area contributed by atoms with Crippen LogP contribution in [-0.4, -0.2) is 10.2 Å². The molecular weight excluding hydrogens is 276 g/mol. The third-order valence-electron chi connectivity index (χ3n) is 6.49. The summed E-state index contributed by atoms with van der Waals surface area (Å²) < 4.78 is 0. The first-order valence-electron chi connectivity index (χ1n) is 8.26. The van der Waals surface area contributed by atoms with Crippen molar-refractivity contribution < 1.29 is 10.2 Å². The summed E-state index contributed by atoms with van der Waals surface area (Å²) in [6.45, 7) is 4.74. The predicted molar refractivity (Wildman–Crippen MR) is 87.7 cm³/mol. The van der Waals surface area contributed by atoms with Gasteiger partial charge in [-0.25, -0.2) is 0 Å². The zero-order valence-corrected chi connectivity index (χ0v) is 13.4. The summed E-state index contributed by atoms with van der Waals surface area (Å²) in [5.41, 5.74) is 13.4. The summed E-state index contributed by atoms with van der Waals surface area (Å²) >= 11 is 0. The molecule has 4 saturated carbocycles. The van der Waals surface area contributed by atoms with Gasteiger partial charge in [0.05, 0.1) is 11.4 Å². The number of rotatable bonds is 1. The van der Waals surface area contributed by atoms with E-state index in [-0.39, 0.29) is 28.3 Å². The molecule has 0 radical (unpaired) electrons. The molecule has 2 unspecified atom stereocenters. The van der Waals surface area contributed by atoms with Crippen molar-refractivity contribution >= 4 is 11.4 Å². The van der Waals surface area contributed by atoms with E-state index >= 15 is 0 Å². The van der Waals surface area contributed by atoms with Crippen LogP contribution in [0.3, 0.4) is 0 Å². The Morgan fingerprint density at radius 2 is 1.41 bits per heavy atom. The van der Waals surface area contributed by atoms with Gasteiger partial charge in [-0.3, -0.25) is 0 Å². The number of aromatic hydroxyl groups is 2. The fourth-order valence-corrected chi connectivity index (χ4v) is 6.93. The molecule has 0 spiro atoms. The smallest absolute Gasteiger partial charge is 0.146 e. The molecule has 4 nitrogen and oxygen atoms in total. The summed E-state index contributed by atoms with van der Waals surface area (Å²) in [4.78, 5) is 0. The SMILES string of the molecule is CC12CC3CC(C)(C1)CC(c1c(O)c(N)cc(N)c1O)(C3)C2. The molecule has 4 fully saturated rings. The molecule has 1 aromatic carbocycles. The number of anilines is 2. The number of hydrogen-bond acceptors (Lipinski definition) is 4. The Balaban J connectivity index is 1.93. The maximum atomic E-state index is 10.6. The monoisotopic (exact) mass is 302 g/mol.